The predicted octanol–water partition coefficient (Wildman–Crippen LogP) is 3.46. The Labute approximate surface area is 166 Å². The lowest BCUT2D eigenvalue weighted by atomic mass is 9.68. The van der Waals surface area contributed by atoms with E-state index < -0.39 is 10.0 Å². The minimum atomic E-state index is -3.34. The molecule has 0 fully saturated rings. The fourth-order valence-electron chi connectivity index (χ4n) is 3.96. The van der Waals surface area contributed by atoms with Crippen LogP contribution in [0.2, 0.25) is 0 Å². The summed E-state index contributed by atoms with van der Waals surface area (Å²) >= 11 is 0. The van der Waals surface area contributed by atoms with Crippen molar-refractivity contribution in [2.45, 2.75) is 39.0 Å². The first-order chi connectivity index (χ1) is 13.1. The number of hydrogen-bond acceptors (Lipinski definition) is 4. The van der Waals surface area contributed by atoms with Gasteiger partial charge < -0.3 is 0 Å². The van der Waals surface area contributed by atoms with Gasteiger partial charge in [-0.3, -0.25) is 14.7 Å². The average molecular weight is 403 g/mol. The topological polar surface area (TPSA) is 95.5 Å². The fraction of sp³-hybridized carbons (Fsp3) is 0.381. The van der Waals surface area contributed by atoms with E-state index in [4.69, 9.17) is 5.21 Å². The van der Waals surface area contributed by atoms with Crippen molar-refractivity contribution in [2.24, 2.45) is 5.92 Å². The van der Waals surface area contributed by atoms with Crippen molar-refractivity contribution in [3.8, 4) is 11.1 Å². The molecule has 1 amide bonds. The average Bonchev–Trinajstić information content (AvgIpc) is 2.66. The summed E-state index contributed by atoms with van der Waals surface area (Å²) in [5.74, 6) is -0.634. The second-order valence-corrected chi connectivity index (χ2v) is 9.93. The third kappa shape index (κ3) is 4.20. The maximum Gasteiger partial charge on any atom is 0.246 e. The Morgan fingerprint density at radius 1 is 1.18 bits per heavy atom. The van der Waals surface area contributed by atoms with Gasteiger partial charge in [0.2, 0.25) is 15.9 Å². The molecule has 1 unspecified atom stereocenters. The van der Waals surface area contributed by atoms with E-state index in [0.717, 1.165) is 16.7 Å². The predicted molar refractivity (Wildman–Crippen MR) is 110 cm³/mol. The second-order valence-electron chi connectivity index (χ2n) is 7.92. The van der Waals surface area contributed by atoms with Crippen molar-refractivity contribution in [1.82, 2.24) is 5.48 Å². The Morgan fingerprint density at radius 3 is 2.57 bits per heavy atom. The van der Waals surface area contributed by atoms with Crippen molar-refractivity contribution in [1.29, 1.82) is 0 Å². The van der Waals surface area contributed by atoms with E-state index in [1.807, 2.05) is 18.2 Å². The number of rotatable bonds is 5. The number of hydroxylamine groups is 1. The summed E-state index contributed by atoms with van der Waals surface area (Å²) in [7, 11) is -3.34. The van der Waals surface area contributed by atoms with Crippen molar-refractivity contribution >= 4 is 21.6 Å². The summed E-state index contributed by atoms with van der Waals surface area (Å²) in [4.78, 5) is 12.0. The summed E-state index contributed by atoms with van der Waals surface area (Å²) in [6.45, 7) is 5.79. The van der Waals surface area contributed by atoms with E-state index in [-0.39, 0.29) is 23.0 Å². The van der Waals surface area contributed by atoms with Crippen LogP contribution in [0.5, 0.6) is 0 Å². The maximum atomic E-state index is 12.0. The van der Waals surface area contributed by atoms with Crippen molar-refractivity contribution in [3.05, 3.63) is 53.6 Å². The van der Waals surface area contributed by atoms with Crippen LogP contribution >= 0.6 is 0 Å². The minimum Gasteiger partial charge on any atom is -0.289 e. The van der Waals surface area contributed by atoms with E-state index in [1.54, 1.807) is 24.5 Å². The molecule has 1 aliphatic rings. The highest BCUT2D eigenvalue weighted by atomic mass is 32.2. The Morgan fingerprint density at radius 2 is 1.89 bits per heavy atom. The van der Waals surface area contributed by atoms with Crippen LogP contribution in [0.15, 0.2) is 42.5 Å². The molecule has 28 heavy (non-hydrogen) atoms. The molecule has 2 aromatic carbocycles. The van der Waals surface area contributed by atoms with Gasteiger partial charge in [-0.05, 0) is 59.6 Å². The van der Waals surface area contributed by atoms with Gasteiger partial charge in [-0.25, -0.2) is 13.9 Å². The molecule has 0 aliphatic heterocycles. The first-order valence-corrected chi connectivity index (χ1v) is 11.0. The van der Waals surface area contributed by atoms with Gasteiger partial charge in [0.1, 0.15) is 0 Å². The summed E-state index contributed by atoms with van der Waals surface area (Å²) in [5, 5.41) is 9.03. The van der Waals surface area contributed by atoms with Gasteiger partial charge in [0.25, 0.3) is 0 Å². The monoisotopic (exact) mass is 402 g/mol. The third-order valence-corrected chi connectivity index (χ3v) is 6.69. The molecule has 3 rings (SSSR count). The van der Waals surface area contributed by atoms with E-state index in [1.165, 1.54) is 5.56 Å². The van der Waals surface area contributed by atoms with Gasteiger partial charge >= 0.3 is 0 Å². The molecule has 0 radical (unpaired) electrons. The second kappa shape index (κ2) is 7.56. The number of hydrogen-bond donors (Lipinski definition) is 3. The summed E-state index contributed by atoms with van der Waals surface area (Å²) in [6, 6.07) is 13.4. The van der Waals surface area contributed by atoms with Gasteiger partial charge in [-0.1, -0.05) is 44.2 Å². The lowest BCUT2D eigenvalue weighted by Gasteiger charge is -2.37. The zero-order valence-corrected chi connectivity index (χ0v) is 17.1. The lowest BCUT2D eigenvalue weighted by Crippen LogP contribution is -2.38. The van der Waals surface area contributed by atoms with Crippen molar-refractivity contribution in [3.63, 3.8) is 0 Å². The summed E-state index contributed by atoms with van der Waals surface area (Å²) in [6.07, 6.45) is 1.22. The Balaban J connectivity index is 1.97. The van der Waals surface area contributed by atoms with Gasteiger partial charge in [-0.2, -0.15) is 0 Å². The number of benzene rings is 2. The smallest absolute Gasteiger partial charge is 0.246 e. The number of sulfonamides is 1. The molecule has 7 heteroatoms. The van der Waals surface area contributed by atoms with Crippen LogP contribution in [0.3, 0.4) is 0 Å². The van der Waals surface area contributed by atoms with Gasteiger partial charge in [0.05, 0.1) is 5.75 Å². The van der Waals surface area contributed by atoms with Crippen LogP contribution in [0.25, 0.3) is 11.1 Å². The summed E-state index contributed by atoms with van der Waals surface area (Å²) < 4.78 is 26.3. The van der Waals surface area contributed by atoms with E-state index in [9.17, 15) is 13.2 Å². The SMILES string of the molecule is CCS(=O)(=O)Nc1cccc(-c2ccc3c(c2)CC(C(=O)NO)CC3(C)C)c1. The molecule has 150 valence electrons. The zero-order chi connectivity index (χ0) is 20.5. The highest BCUT2D eigenvalue weighted by Gasteiger charge is 2.36. The quantitative estimate of drug-likeness (QED) is 0.527. The zero-order valence-electron chi connectivity index (χ0n) is 16.3. The molecule has 3 N–H and O–H groups in total. The van der Waals surface area contributed by atoms with Crippen LogP contribution in [0.4, 0.5) is 5.69 Å². The molecule has 0 spiro atoms. The highest BCUT2D eigenvalue weighted by molar-refractivity contribution is 7.92. The lowest BCUT2D eigenvalue weighted by molar-refractivity contribution is -0.134. The Hall–Kier alpha value is -2.38. The standard InChI is InChI=1S/C21H26N2O4S/c1-4-28(26,27)23-18-7-5-6-14(12-18)15-8-9-19-16(10-15)11-17(20(24)22-25)13-21(19,2)3/h5-10,12,17,23,25H,4,11,13H2,1-3H3,(H,22,24). The molecule has 6 nitrogen and oxygen atoms in total. The van der Waals surface area contributed by atoms with Crippen LogP contribution in [-0.4, -0.2) is 25.3 Å². The normalized spacial score (nSPS) is 18.2. The van der Waals surface area contributed by atoms with Crippen LogP contribution in [0, 0.1) is 5.92 Å². The number of carbonyl (C=O) groups excluding carboxylic acids is 1. The molecule has 0 saturated heterocycles. The number of carbonyl (C=O) groups is 1. The molecular weight excluding hydrogens is 376 g/mol. The highest BCUT2D eigenvalue weighted by Crippen LogP contribution is 2.41. The number of amides is 1. The van der Waals surface area contributed by atoms with Gasteiger partial charge in [-0.15, -0.1) is 0 Å². The molecule has 1 aliphatic carbocycles. The Kier molecular flexibility index (Phi) is 5.50. The number of anilines is 1. The van der Waals surface area contributed by atoms with Crippen LogP contribution in [-0.2, 0) is 26.7 Å². The van der Waals surface area contributed by atoms with Gasteiger partial charge in [0, 0.05) is 11.6 Å². The van der Waals surface area contributed by atoms with Crippen LogP contribution < -0.4 is 10.2 Å². The molecule has 0 bridgehead atoms. The largest absolute Gasteiger partial charge is 0.289 e. The molecule has 0 heterocycles. The molecule has 0 saturated carbocycles. The van der Waals surface area contributed by atoms with Gasteiger partial charge in [0.15, 0.2) is 0 Å². The molecule has 0 aromatic heterocycles. The number of fused-ring (bicyclic) bond motifs is 1. The van der Waals surface area contributed by atoms with E-state index in [0.29, 0.717) is 18.5 Å². The van der Waals surface area contributed by atoms with E-state index >= 15 is 0 Å². The van der Waals surface area contributed by atoms with Crippen LogP contribution in [0.1, 0.15) is 38.3 Å². The van der Waals surface area contributed by atoms with E-state index in [2.05, 4.69) is 30.7 Å². The molecular formula is C21H26N2O4S. The van der Waals surface area contributed by atoms with Crippen molar-refractivity contribution in [2.75, 3.05) is 10.5 Å². The fourth-order valence-corrected chi connectivity index (χ4v) is 4.59. The maximum absolute atomic E-state index is 12.0. The third-order valence-electron chi connectivity index (χ3n) is 5.39. The first-order valence-electron chi connectivity index (χ1n) is 9.33. The minimum absolute atomic E-state index is 0.0134. The first kappa shape index (κ1) is 20.4. The number of nitrogens with one attached hydrogen (secondary N) is 2. The Bertz CT molecular complexity index is 999. The molecule has 2 aromatic rings. The van der Waals surface area contributed by atoms with Crippen molar-refractivity contribution < 1.29 is 18.4 Å². The summed E-state index contributed by atoms with van der Waals surface area (Å²) in [5.41, 5.74) is 6.24. The molecule has 1 atom stereocenters.